The first-order valence-corrected chi connectivity index (χ1v) is 5.17. The number of benzene rings is 1. The highest BCUT2D eigenvalue weighted by atomic mass is 16.5. The molecule has 84 valence electrons. The summed E-state index contributed by atoms with van der Waals surface area (Å²) in [5.74, 6) is 1.74. The van der Waals surface area contributed by atoms with Crippen molar-refractivity contribution in [3.63, 3.8) is 0 Å². The molecule has 15 heavy (non-hydrogen) atoms. The van der Waals surface area contributed by atoms with Crippen LogP contribution in [0.3, 0.4) is 0 Å². The van der Waals surface area contributed by atoms with Crippen LogP contribution in [0.1, 0.15) is 26.3 Å². The van der Waals surface area contributed by atoms with Crippen molar-refractivity contribution in [1.82, 2.24) is 0 Å². The van der Waals surface area contributed by atoms with Gasteiger partial charge in [-0.15, -0.1) is 0 Å². The van der Waals surface area contributed by atoms with E-state index in [-0.39, 0.29) is 5.41 Å². The third-order valence-corrected chi connectivity index (χ3v) is 2.22. The van der Waals surface area contributed by atoms with Crippen molar-refractivity contribution in [2.75, 3.05) is 14.2 Å². The predicted molar refractivity (Wildman–Crippen MR) is 62.7 cm³/mol. The summed E-state index contributed by atoms with van der Waals surface area (Å²) in [7, 11) is 3.36. The van der Waals surface area contributed by atoms with Gasteiger partial charge >= 0.3 is 0 Å². The number of hydrogen-bond donors (Lipinski definition) is 0. The summed E-state index contributed by atoms with van der Waals surface area (Å²) in [5, 5.41) is 0. The Labute approximate surface area is 92.2 Å². The Balaban J connectivity index is 2.97. The van der Waals surface area contributed by atoms with Gasteiger partial charge in [-0.1, -0.05) is 26.8 Å². The number of ether oxygens (including phenoxy) is 2. The largest absolute Gasteiger partial charge is 0.497 e. The smallest absolute Gasteiger partial charge is 0.125 e. The Morgan fingerprint density at radius 3 is 2.20 bits per heavy atom. The zero-order valence-corrected chi connectivity index (χ0v) is 10.3. The van der Waals surface area contributed by atoms with Crippen LogP contribution in [0.5, 0.6) is 11.5 Å². The van der Waals surface area contributed by atoms with Crippen LogP contribution in [0, 0.1) is 5.41 Å². The zero-order chi connectivity index (χ0) is 11.5. The Bertz CT molecular complexity index is 324. The third kappa shape index (κ3) is 3.46. The topological polar surface area (TPSA) is 18.5 Å². The summed E-state index contributed by atoms with van der Waals surface area (Å²) in [6, 6.07) is 5.98. The molecule has 0 spiro atoms. The second-order valence-corrected chi connectivity index (χ2v) is 4.92. The van der Waals surface area contributed by atoms with Gasteiger partial charge in [0.2, 0.25) is 0 Å². The van der Waals surface area contributed by atoms with Crippen molar-refractivity contribution in [2.24, 2.45) is 5.41 Å². The Hall–Kier alpha value is -1.18. The number of methoxy groups -OCH3 is 2. The second-order valence-electron chi connectivity index (χ2n) is 4.92. The van der Waals surface area contributed by atoms with Crippen molar-refractivity contribution in [3.8, 4) is 11.5 Å². The maximum Gasteiger partial charge on any atom is 0.125 e. The first kappa shape index (κ1) is 11.9. The van der Waals surface area contributed by atoms with E-state index in [0.29, 0.717) is 0 Å². The van der Waals surface area contributed by atoms with Gasteiger partial charge in [0.05, 0.1) is 14.2 Å². The van der Waals surface area contributed by atoms with E-state index in [1.165, 1.54) is 5.56 Å². The van der Waals surface area contributed by atoms with E-state index in [4.69, 9.17) is 9.47 Å². The molecule has 0 amide bonds. The van der Waals surface area contributed by atoms with E-state index in [1.807, 2.05) is 12.1 Å². The maximum atomic E-state index is 5.35. The van der Waals surface area contributed by atoms with E-state index in [2.05, 4.69) is 26.8 Å². The second kappa shape index (κ2) is 4.56. The molecule has 0 saturated heterocycles. The van der Waals surface area contributed by atoms with Crippen LogP contribution in [0.2, 0.25) is 0 Å². The summed E-state index contributed by atoms with van der Waals surface area (Å²) in [4.78, 5) is 0. The van der Waals surface area contributed by atoms with Crippen LogP contribution in [0.25, 0.3) is 0 Å². The third-order valence-electron chi connectivity index (χ3n) is 2.22. The minimum Gasteiger partial charge on any atom is -0.497 e. The molecule has 0 aliphatic heterocycles. The molecule has 0 aliphatic carbocycles. The minimum absolute atomic E-state index is 0.266. The highest BCUT2D eigenvalue weighted by molar-refractivity contribution is 5.41. The first-order chi connectivity index (χ1) is 6.96. The molecule has 2 heteroatoms. The predicted octanol–water partition coefficient (Wildman–Crippen LogP) is 3.29. The lowest BCUT2D eigenvalue weighted by molar-refractivity contribution is 0.371. The molecule has 0 N–H and O–H groups in total. The lowest BCUT2D eigenvalue weighted by Crippen LogP contribution is -2.10. The summed E-state index contributed by atoms with van der Waals surface area (Å²) < 4.78 is 10.5. The normalized spacial score (nSPS) is 11.3. The van der Waals surface area contributed by atoms with Crippen molar-refractivity contribution in [2.45, 2.75) is 27.2 Å². The summed E-state index contributed by atoms with van der Waals surface area (Å²) in [5.41, 5.74) is 1.49. The molecule has 1 aromatic rings. The molecule has 0 saturated carbocycles. The van der Waals surface area contributed by atoms with E-state index >= 15 is 0 Å². The summed E-state index contributed by atoms with van der Waals surface area (Å²) in [6.07, 6.45) is 1.00. The Kier molecular flexibility index (Phi) is 3.61. The average molecular weight is 208 g/mol. The monoisotopic (exact) mass is 208 g/mol. The summed E-state index contributed by atoms with van der Waals surface area (Å²) >= 11 is 0. The maximum absolute atomic E-state index is 5.35. The quantitative estimate of drug-likeness (QED) is 0.758. The molecule has 1 aromatic carbocycles. The highest BCUT2D eigenvalue weighted by Gasteiger charge is 2.14. The average Bonchev–Trinajstić information content (AvgIpc) is 2.16. The van der Waals surface area contributed by atoms with Gasteiger partial charge in [-0.3, -0.25) is 0 Å². The Morgan fingerprint density at radius 1 is 1.07 bits per heavy atom. The lowest BCUT2D eigenvalue weighted by atomic mass is 9.88. The minimum atomic E-state index is 0.266. The van der Waals surface area contributed by atoms with Crippen LogP contribution in [-0.4, -0.2) is 14.2 Å². The van der Waals surface area contributed by atoms with Gasteiger partial charge in [0.15, 0.2) is 0 Å². The number of hydrogen-bond acceptors (Lipinski definition) is 2. The van der Waals surface area contributed by atoms with Crippen molar-refractivity contribution < 1.29 is 9.47 Å². The van der Waals surface area contributed by atoms with E-state index in [0.717, 1.165) is 17.9 Å². The lowest BCUT2D eigenvalue weighted by Gasteiger charge is -2.20. The molecular formula is C13H20O2. The molecule has 0 heterocycles. The van der Waals surface area contributed by atoms with Gasteiger partial charge in [-0.25, -0.2) is 0 Å². The van der Waals surface area contributed by atoms with Gasteiger partial charge < -0.3 is 9.47 Å². The SMILES string of the molecule is COc1ccc(CC(C)(C)C)c(OC)c1. The van der Waals surface area contributed by atoms with Crippen LogP contribution in [-0.2, 0) is 6.42 Å². The molecule has 0 fully saturated rings. The molecule has 0 radical (unpaired) electrons. The molecule has 1 rings (SSSR count). The van der Waals surface area contributed by atoms with Gasteiger partial charge in [-0.05, 0) is 23.5 Å². The highest BCUT2D eigenvalue weighted by Crippen LogP contribution is 2.30. The Morgan fingerprint density at radius 2 is 1.73 bits per heavy atom. The molecule has 2 nitrogen and oxygen atoms in total. The molecule has 0 bridgehead atoms. The van der Waals surface area contributed by atoms with Gasteiger partial charge in [0.25, 0.3) is 0 Å². The van der Waals surface area contributed by atoms with Gasteiger partial charge in [0.1, 0.15) is 11.5 Å². The molecule has 0 aromatic heterocycles. The van der Waals surface area contributed by atoms with Crippen LogP contribution >= 0.6 is 0 Å². The van der Waals surface area contributed by atoms with E-state index in [9.17, 15) is 0 Å². The van der Waals surface area contributed by atoms with E-state index < -0.39 is 0 Å². The first-order valence-electron chi connectivity index (χ1n) is 5.17. The fraction of sp³-hybridized carbons (Fsp3) is 0.538. The molecule has 0 unspecified atom stereocenters. The van der Waals surface area contributed by atoms with Crippen LogP contribution < -0.4 is 9.47 Å². The fourth-order valence-electron chi connectivity index (χ4n) is 1.57. The molecule has 0 atom stereocenters. The van der Waals surface area contributed by atoms with Crippen LogP contribution in [0.4, 0.5) is 0 Å². The zero-order valence-electron chi connectivity index (χ0n) is 10.3. The van der Waals surface area contributed by atoms with Crippen molar-refractivity contribution in [3.05, 3.63) is 23.8 Å². The van der Waals surface area contributed by atoms with Crippen molar-refractivity contribution >= 4 is 0 Å². The standard InChI is InChI=1S/C13H20O2/c1-13(2,3)9-10-6-7-11(14-4)8-12(10)15-5/h6-8H,9H2,1-5H3. The molecule has 0 aliphatic rings. The van der Waals surface area contributed by atoms with Gasteiger partial charge in [0, 0.05) is 6.07 Å². The van der Waals surface area contributed by atoms with Crippen molar-refractivity contribution in [1.29, 1.82) is 0 Å². The number of rotatable bonds is 3. The van der Waals surface area contributed by atoms with Gasteiger partial charge in [-0.2, -0.15) is 0 Å². The molecular weight excluding hydrogens is 188 g/mol. The summed E-state index contributed by atoms with van der Waals surface area (Å²) in [6.45, 7) is 6.66. The van der Waals surface area contributed by atoms with Crippen LogP contribution in [0.15, 0.2) is 18.2 Å². The van der Waals surface area contributed by atoms with E-state index in [1.54, 1.807) is 14.2 Å². The fourth-order valence-corrected chi connectivity index (χ4v) is 1.57.